The number of rotatable bonds is 8. The minimum absolute atomic E-state index is 0.297. The highest BCUT2D eigenvalue weighted by Gasteiger charge is 2.12. The first-order valence-corrected chi connectivity index (χ1v) is 12.0. The number of methoxy groups -OCH3 is 1. The number of hydrazone groups is 1. The summed E-state index contributed by atoms with van der Waals surface area (Å²) in [5.41, 5.74) is 8.18. The van der Waals surface area contributed by atoms with Crippen molar-refractivity contribution in [1.29, 1.82) is 0 Å². The largest absolute Gasteiger partial charge is 0.493 e. The van der Waals surface area contributed by atoms with E-state index in [2.05, 4.69) is 62.2 Å². The maximum Gasteiger partial charge on any atom is 0.271 e. The zero-order chi connectivity index (χ0) is 24.8. The van der Waals surface area contributed by atoms with E-state index in [9.17, 15) is 4.79 Å². The Hall–Kier alpha value is -3.84. The van der Waals surface area contributed by atoms with E-state index in [1.165, 1.54) is 0 Å². The maximum absolute atomic E-state index is 12.6. The van der Waals surface area contributed by atoms with E-state index in [1.807, 2.05) is 43.3 Å². The minimum atomic E-state index is -0.297. The van der Waals surface area contributed by atoms with Crippen LogP contribution in [0.25, 0.3) is 16.9 Å². The Morgan fingerprint density at radius 2 is 1.77 bits per heavy atom. The van der Waals surface area contributed by atoms with Gasteiger partial charge in [0.25, 0.3) is 5.91 Å². The highest BCUT2D eigenvalue weighted by Crippen LogP contribution is 2.33. The topological polar surface area (TPSA) is 64.8 Å². The molecule has 4 aromatic rings. The molecule has 0 unspecified atom stereocenters. The van der Waals surface area contributed by atoms with Crippen LogP contribution in [0.3, 0.4) is 0 Å². The molecule has 0 radical (unpaired) electrons. The third kappa shape index (κ3) is 5.46. The summed E-state index contributed by atoms with van der Waals surface area (Å²) in [5.74, 6) is 0.930. The number of ether oxygens (including phenoxy) is 2. The summed E-state index contributed by atoms with van der Waals surface area (Å²) >= 11 is 3.51. The molecule has 1 heterocycles. The predicted molar refractivity (Wildman–Crippen MR) is 143 cm³/mol. The lowest BCUT2D eigenvalue weighted by Crippen LogP contribution is -2.17. The van der Waals surface area contributed by atoms with Gasteiger partial charge in [-0.05, 0) is 83.9 Å². The third-order valence-electron chi connectivity index (χ3n) is 5.49. The fourth-order valence-electron chi connectivity index (χ4n) is 3.78. The second kappa shape index (κ2) is 11.1. The lowest BCUT2D eigenvalue weighted by Gasteiger charge is -2.13. The first-order chi connectivity index (χ1) is 17.0. The number of hydrogen-bond donors (Lipinski definition) is 1. The molecule has 0 aliphatic carbocycles. The molecule has 6 nitrogen and oxygen atoms in total. The number of aromatic nitrogens is 1. The van der Waals surface area contributed by atoms with Crippen molar-refractivity contribution in [2.45, 2.75) is 13.8 Å². The number of amides is 1. The summed E-state index contributed by atoms with van der Waals surface area (Å²) in [7, 11) is 1.58. The van der Waals surface area contributed by atoms with Gasteiger partial charge in [0.15, 0.2) is 11.5 Å². The van der Waals surface area contributed by atoms with Crippen LogP contribution in [0.15, 0.2) is 88.4 Å². The zero-order valence-electron chi connectivity index (χ0n) is 19.8. The Balaban J connectivity index is 1.49. The summed E-state index contributed by atoms with van der Waals surface area (Å²) in [6, 6.07) is 25.5. The van der Waals surface area contributed by atoms with Crippen molar-refractivity contribution >= 4 is 28.1 Å². The van der Waals surface area contributed by atoms with Crippen molar-refractivity contribution in [2.24, 2.45) is 5.10 Å². The van der Waals surface area contributed by atoms with E-state index < -0.39 is 0 Å². The van der Waals surface area contributed by atoms with Gasteiger partial charge >= 0.3 is 0 Å². The zero-order valence-corrected chi connectivity index (χ0v) is 21.4. The van der Waals surface area contributed by atoms with Gasteiger partial charge in [-0.2, -0.15) is 5.10 Å². The number of aryl methyl sites for hydroxylation is 1. The van der Waals surface area contributed by atoms with Gasteiger partial charge in [-0.15, -0.1) is 0 Å². The summed E-state index contributed by atoms with van der Waals surface area (Å²) in [6.45, 7) is 4.51. The number of carbonyl (C=O) groups is 1. The van der Waals surface area contributed by atoms with E-state index in [0.29, 0.717) is 23.7 Å². The maximum atomic E-state index is 12.6. The van der Waals surface area contributed by atoms with Crippen molar-refractivity contribution in [3.05, 3.63) is 100 Å². The fraction of sp³-hybridized carbons (Fsp3) is 0.143. The lowest BCUT2D eigenvalue weighted by molar-refractivity contribution is 0.0955. The summed E-state index contributed by atoms with van der Waals surface area (Å²) < 4.78 is 13.9. The van der Waals surface area contributed by atoms with Crippen molar-refractivity contribution in [3.8, 4) is 28.4 Å². The quantitative estimate of drug-likeness (QED) is 0.211. The first-order valence-electron chi connectivity index (χ1n) is 11.2. The molecule has 1 aromatic heterocycles. The van der Waals surface area contributed by atoms with Gasteiger partial charge in [0.1, 0.15) is 0 Å². The number of hydrogen-bond acceptors (Lipinski definition) is 4. The van der Waals surface area contributed by atoms with Crippen LogP contribution < -0.4 is 14.9 Å². The molecule has 4 rings (SSSR count). The average molecular weight is 532 g/mol. The fourth-order valence-corrected chi connectivity index (χ4v) is 4.20. The first kappa shape index (κ1) is 24.3. The smallest absolute Gasteiger partial charge is 0.271 e. The third-order valence-corrected chi connectivity index (χ3v) is 6.17. The van der Waals surface area contributed by atoms with Crippen molar-refractivity contribution in [3.63, 3.8) is 0 Å². The molecule has 0 saturated heterocycles. The van der Waals surface area contributed by atoms with Crippen LogP contribution in [-0.2, 0) is 0 Å². The number of benzene rings is 3. The Bertz CT molecular complexity index is 1350. The average Bonchev–Trinajstić information content (AvgIpc) is 3.27. The van der Waals surface area contributed by atoms with E-state index in [1.54, 1.807) is 31.5 Å². The molecular weight excluding hydrogens is 506 g/mol. The molecule has 0 aliphatic heterocycles. The highest BCUT2D eigenvalue weighted by molar-refractivity contribution is 9.10. The number of carbonyl (C=O) groups excluding carboxylic acids is 1. The molecule has 178 valence electrons. The molecule has 1 N–H and O–H groups in total. The molecule has 0 spiro atoms. The number of nitrogens with zero attached hydrogens (tertiary/aromatic N) is 2. The van der Waals surface area contributed by atoms with Crippen LogP contribution in [0.4, 0.5) is 0 Å². The summed E-state index contributed by atoms with van der Waals surface area (Å²) in [4.78, 5) is 12.6. The van der Waals surface area contributed by atoms with Gasteiger partial charge in [-0.1, -0.05) is 30.3 Å². The van der Waals surface area contributed by atoms with E-state index in [-0.39, 0.29) is 5.91 Å². The Morgan fingerprint density at radius 3 is 2.46 bits per heavy atom. The Labute approximate surface area is 213 Å². The van der Waals surface area contributed by atoms with E-state index in [0.717, 1.165) is 32.7 Å². The molecule has 0 atom stereocenters. The molecule has 0 aliphatic rings. The van der Waals surface area contributed by atoms with Gasteiger partial charge < -0.3 is 14.0 Å². The SMILES string of the molecule is CCOc1cc(Br)c(/C=N/NC(=O)c2ccc(-n3c(C)ccc3-c3ccccc3)cc2)cc1OC. The van der Waals surface area contributed by atoms with Crippen LogP contribution in [0, 0.1) is 6.92 Å². The summed E-state index contributed by atoms with van der Waals surface area (Å²) in [5, 5.41) is 4.11. The highest BCUT2D eigenvalue weighted by atomic mass is 79.9. The Kier molecular flexibility index (Phi) is 7.67. The molecular formula is C28H26BrN3O3. The molecule has 1 amide bonds. The molecule has 0 bridgehead atoms. The van der Waals surface area contributed by atoms with Crippen LogP contribution in [0.5, 0.6) is 11.5 Å². The monoisotopic (exact) mass is 531 g/mol. The van der Waals surface area contributed by atoms with Crippen LogP contribution >= 0.6 is 15.9 Å². The molecule has 0 fully saturated rings. The van der Waals surface area contributed by atoms with Crippen LogP contribution in [0.1, 0.15) is 28.5 Å². The molecule has 7 heteroatoms. The van der Waals surface area contributed by atoms with E-state index in [4.69, 9.17) is 9.47 Å². The normalized spacial score (nSPS) is 11.0. The van der Waals surface area contributed by atoms with Gasteiger partial charge in [0, 0.05) is 27.0 Å². The van der Waals surface area contributed by atoms with Gasteiger partial charge in [-0.3, -0.25) is 4.79 Å². The number of halogens is 1. The van der Waals surface area contributed by atoms with Crippen LogP contribution in [-0.4, -0.2) is 30.4 Å². The van der Waals surface area contributed by atoms with E-state index >= 15 is 0 Å². The number of nitrogens with one attached hydrogen (secondary N) is 1. The summed E-state index contributed by atoms with van der Waals surface area (Å²) in [6.07, 6.45) is 1.56. The Morgan fingerprint density at radius 1 is 1.03 bits per heavy atom. The minimum Gasteiger partial charge on any atom is -0.493 e. The predicted octanol–water partition coefficient (Wildman–Crippen LogP) is 6.39. The van der Waals surface area contributed by atoms with Gasteiger partial charge in [-0.25, -0.2) is 5.43 Å². The van der Waals surface area contributed by atoms with Crippen molar-refractivity contribution < 1.29 is 14.3 Å². The second-order valence-corrected chi connectivity index (χ2v) is 8.62. The van der Waals surface area contributed by atoms with Gasteiger partial charge in [0.05, 0.1) is 25.6 Å². The standard InChI is InChI=1S/C28H26BrN3O3/c1-4-35-27-17-24(29)22(16-26(27)34-3)18-30-31-28(33)21-11-13-23(14-12-21)32-19(2)10-15-25(32)20-8-6-5-7-9-20/h5-18H,4H2,1-3H3,(H,31,33)/b30-18+. The lowest BCUT2D eigenvalue weighted by atomic mass is 10.1. The van der Waals surface area contributed by atoms with Gasteiger partial charge in [0.2, 0.25) is 0 Å². The van der Waals surface area contributed by atoms with Crippen LogP contribution in [0.2, 0.25) is 0 Å². The van der Waals surface area contributed by atoms with Crippen molar-refractivity contribution in [2.75, 3.05) is 13.7 Å². The molecule has 35 heavy (non-hydrogen) atoms. The molecule has 0 saturated carbocycles. The molecule has 3 aromatic carbocycles. The second-order valence-electron chi connectivity index (χ2n) is 7.76. The van der Waals surface area contributed by atoms with Crippen molar-refractivity contribution in [1.82, 2.24) is 9.99 Å².